The van der Waals surface area contributed by atoms with E-state index in [-0.39, 0.29) is 5.91 Å². The minimum absolute atomic E-state index is 0.142. The lowest BCUT2D eigenvalue weighted by Gasteiger charge is -2.39. The summed E-state index contributed by atoms with van der Waals surface area (Å²) in [6, 6.07) is 0. The molecule has 0 aliphatic carbocycles. The smallest absolute Gasteiger partial charge is 0.239 e. The molecule has 2 N–H and O–H groups in total. The predicted molar refractivity (Wildman–Crippen MR) is 74.7 cm³/mol. The summed E-state index contributed by atoms with van der Waals surface area (Å²) >= 11 is 0. The molecule has 18 heavy (non-hydrogen) atoms. The number of hydrogen-bond acceptors (Lipinski definition) is 4. The molecule has 0 unspecified atom stereocenters. The van der Waals surface area contributed by atoms with Crippen LogP contribution in [-0.4, -0.2) is 74.6 Å². The highest BCUT2D eigenvalue weighted by Crippen LogP contribution is 2.15. The van der Waals surface area contributed by atoms with Gasteiger partial charge < -0.3 is 15.5 Å². The molecule has 1 aliphatic rings. The fourth-order valence-electron chi connectivity index (χ4n) is 2.18. The Morgan fingerprint density at radius 2 is 1.94 bits per heavy atom. The van der Waals surface area contributed by atoms with Gasteiger partial charge in [0.2, 0.25) is 5.91 Å². The normalized spacial score (nSPS) is 18.1. The number of carbonyl (C=O) groups is 1. The van der Waals surface area contributed by atoms with Crippen molar-refractivity contribution in [2.75, 3.05) is 53.4 Å². The quantitative estimate of drug-likeness (QED) is 0.643. The molecule has 0 aromatic rings. The van der Waals surface area contributed by atoms with Crippen molar-refractivity contribution in [1.29, 1.82) is 0 Å². The van der Waals surface area contributed by atoms with Crippen molar-refractivity contribution < 1.29 is 4.79 Å². The van der Waals surface area contributed by atoms with Crippen LogP contribution < -0.4 is 10.6 Å². The Hall–Kier alpha value is -0.650. The average molecular weight is 256 g/mol. The third-order valence-corrected chi connectivity index (χ3v) is 3.53. The van der Waals surface area contributed by atoms with Gasteiger partial charge in [-0.15, -0.1) is 0 Å². The highest BCUT2D eigenvalue weighted by molar-refractivity contribution is 5.85. The molecule has 0 aromatic heterocycles. The summed E-state index contributed by atoms with van der Waals surface area (Å²) in [5.41, 5.74) is -0.403. The van der Waals surface area contributed by atoms with E-state index in [2.05, 4.69) is 20.4 Å². The Labute approximate surface area is 111 Å². The lowest BCUT2D eigenvalue weighted by Crippen LogP contribution is -2.60. The molecular formula is C13H28N4O. The maximum Gasteiger partial charge on any atom is 0.239 e. The molecule has 5 heteroatoms. The van der Waals surface area contributed by atoms with Gasteiger partial charge in [0.15, 0.2) is 0 Å². The molecule has 1 heterocycles. The maximum absolute atomic E-state index is 12.2. The first kappa shape index (κ1) is 15.4. The van der Waals surface area contributed by atoms with Gasteiger partial charge in [0.25, 0.3) is 0 Å². The van der Waals surface area contributed by atoms with Gasteiger partial charge in [-0.3, -0.25) is 9.69 Å². The zero-order chi connectivity index (χ0) is 13.6. The topological polar surface area (TPSA) is 47.6 Å². The lowest BCUT2D eigenvalue weighted by molar-refractivity contribution is -0.132. The summed E-state index contributed by atoms with van der Waals surface area (Å²) in [5.74, 6) is 0.142. The van der Waals surface area contributed by atoms with Crippen LogP contribution in [0, 0.1) is 0 Å². The summed E-state index contributed by atoms with van der Waals surface area (Å²) in [5, 5.41) is 6.36. The van der Waals surface area contributed by atoms with Gasteiger partial charge in [-0.2, -0.15) is 0 Å². The number of hydrogen-bond donors (Lipinski definition) is 2. The minimum Gasteiger partial charge on any atom is -0.354 e. The molecular weight excluding hydrogens is 228 g/mol. The number of carbonyl (C=O) groups excluding carboxylic acids is 1. The molecule has 0 aromatic carbocycles. The van der Waals surface area contributed by atoms with E-state index in [0.29, 0.717) is 0 Å². The third kappa shape index (κ3) is 4.55. The number of nitrogens with one attached hydrogen (secondary N) is 2. The van der Waals surface area contributed by atoms with Crippen LogP contribution >= 0.6 is 0 Å². The third-order valence-electron chi connectivity index (χ3n) is 3.53. The summed E-state index contributed by atoms with van der Waals surface area (Å²) < 4.78 is 0. The van der Waals surface area contributed by atoms with E-state index < -0.39 is 5.54 Å². The van der Waals surface area contributed by atoms with Crippen molar-refractivity contribution in [2.24, 2.45) is 0 Å². The van der Waals surface area contributed by atoms with Crippen molar-refractivity contribution >= 4 is 5.91 Å². The Bertz CT molecular complexity index is 260. The van der Waals surface area contributed by atoms with Gasteiger partial charge in [0, 0.05) is 32.7 Å². The Kier molecular flexibility index (Phi) is 6.05. The van der Waals surface area contributed by atoms with Gasteiger partial charge in [-0.05, 0) is 40.9 Å². The highest BCUT2D eigenvalue weighted by Gasteiger charge is 2.34. The van der Waals surface area contributed by atoms with Crippen LogP contribution in [0.1, 0.15) is 20.3 Å². The molecule has 1 saturated heterocycles. The highest BCUT2D eigenvalue weighted by atomic mass is 16.2. The zero-order valence-electron chi connectivity index (χ0n) is 12.3. The average Bonchev–Trinajstić information content (AvgIpc) is 2.35. The molecule has 0 bridgehead atoms. The van der Waals surface area contributed by atoms with Gasteiger partial charge >= 0.3 is 0 Å². The van der Waals surface area contributed by atoms with Crippen molar-refractivity contribution in [3.8, 4) is 0 Å². The van der Waals surface area contributed by atoms with E-state index in [4.69, 9.17) is 0 Å². The molecule has 1 fully saturated rings. The van der Waals surface area contributed by atoms with Crippen LogP contribution in [0.5, 0.6) is 0 Å². The molecule has 0 atom stereocenters. The van der Waals surface area contributed by atoms with Gasteiger partial charge in [-0.25, -0.2) is 0 Å². The Morgan fingerprint density at radius 3 is 2.50 bits per heavy atom. The summed E-state index contributed by atoms with van der Waals surface area (Å²) in [6.07, 6.45) is 0.996. The maximum atomic E-state index is 12.2. The minimum atomic E-state index is -0.403. The van der Waals surface area contributed by atoms with Gasteiger partial charge in [-0.1, -0.05) is 0 Å². The van der Waals surface area contributed by atoms with Crippen LogP contribution in [0.4, 0.5) is 0 Å². The van der Waals surface area contributed by atoms with E-state index >= 15 is 0 Å². The molecule has 0 saturated carbocycles. The molecule has 1 rings (SSSR count). The largest absolute Gasteiger partial charge is 0.354 e. The van der Waals surface area contributed by atoms with Crippen molar-refractivity contribution in [2.45, 2.75) is 25.8 Å². The first-order valence-electron chi connectivity index (χ1n) is 6.83. The molecule has 106 valence electrons. The van der Waals surface area contributed by atoms with Gasteiger partial charge in [0.05, 0.1) is 5.54 Å². The van der Waals surface area contributed by atoms with E-state index in [1.165, 1.54) is 0 Å². The fourth-order valence-corrected chi connectivity index (χ4v) is 2.18. The number of piperazine rings is 1. The Morgan fingerprint density at radius 1 is 1.33 bits per heavy atom. The summed E-state index contributed by atoms with van der Waals surface area (Å²) in [7, 11) is 4.10. The van der Waals surface area contributed by atoms with E-state index in [1.54, 1.807) is 0 Å². The second kappa shape index (κ2) is 7.07. The summed E-state index contributed by atoms with van der Waals surface area (Å²) in [6.45, 7) is 9.62. The SMILES string of the molecule is CN(C)CCCNC(=O)C(C)(C)N1CCNCC1. The molecule has 0 spiro atoms. The van der Waals surface area contributed by atoms with E-state index in [9.17, 15) is 4.79 Å². The van der Waals surface area contributed by atoms with Crippen LogP contribution in [0.15, 0.2) is 0 Å². The summed E-state index contributed by atoms with van der Waals surface area (Å²) in [4.78, 5) is 16.6. The fraction of sp³-hybridized carbons (Fsp3) is 0.923. The van der Waals surface area contributed by atoms with Crippen LogP contribution in [0.3, 0.4) is 0 Å². The molecule has 1 aliphatic heterocycles. The molecule has 0 radical (unpaired) electrons. The Balaban J connectivity index is 2.33. The number of nitrogens with zero attached hydrogens (tertiary/aromatic N) is 2. The second-order valence-corrected chi connectivity index (χ2v) is 5.71. The first-order chi connectivity index (χ1) is 8.44. The lowest BCUT2D eigenvalue weighted by atomic mass is 10.0. The van der Waals surface area contributed by atoms with Crippen LogP contribution in [-0.2, 0) is 4.79 Å². The zero-order valence-corrected chi connectivity index (χ0v) is 12.3. The van der Waals surface area contributed by atoms with Gasteiger partial charge in [0.1, 0.15) is 0 Å². The first-order valence-corrected chi connectivity index (χ1v) is 6.83. The molecule has 1 amide bonds. The second-order valence-electron chi connectivity index (χ2n) is 5.71. The van der Waals surface area contributed by atoms with Crippen LogP contribution in [0.25, 0.3) is 0 Å². The van der Waals surface area contributed by atoms with Crippen molar-refractivity contribution in [3.63, 3.8) is 0 Å². The van der Waals surface area contributed by atoms with Crippen molar-refractivity contribution in [3.05, 3.63) is 0 Å². The molecule has 5 nitrogen and oxygen atoms in total. The number of amides is 1. The van der Waals surface area contributed by atoms with E-state index in [0.717, 1.165) is 45.7 Å². The predicted octanol–water partition coefficient (Wildman–Crippen LogP) is -0.262. The number of rotatable bonds is 6. The monoisotopic (exact) mass is 256 g/mol. The van der Waals surface area contributed by atoms with E-state index in [1.807, 2.05) is 27.9 Å². The van der Waals surface area contributed by atoms with Crippen LogP contribution in [0.2, 0.25) is 0 Å². The van der Waals surface area contributed by atoms with Crippen molar-refractivity contribution in [1.82, 2.24) is 20.4 Å². The standard InChI is InChI=1S/C13H28N4O/c1-13(2,17-10-7-14-8-11-17)12(18)15-6-5-9-16(3)4/h14H,5-11H2,1-4H3,(H,15,18).